The molecule has 0 aliphatic carbocycles. The summed E-state index contributed by atoms with van der Waals surface area (Å²) in [6.07, 6.45) is 2.30. The van der Waals surface area contributed by atoms with Crippen molar-refractivity contribution in [3.8, 4) is 35.2 Å². The van der Waals surface area contributed by atoms with E-state index in [1.165, 1.54) is 6.20 Å². The van der Waals surface area contributed by atoms with Gasteiger partial charge in [-0.2, -0.15) is 10.2 Å². The van der Waals surface area contributed by atoms with E-state index in [9.17, 15) is 0 Å². The SMILES string of the molecule is COc1cc(C(C)C)c(Oc2cnc(N)nc2N)cc1C#CCCC#N. The number of aromatic nitrogens is 2. The van der Waals surface area contributed by atoms with Gasteiger partial charge < -0.3 is 20.9 Å². The lowest BCUT2D eigenvalue weighted by atomic mass is 9.99. The summed E-state index contributed by atoms with van der Waals surface area (Å²) in [5.74, 6) is 7.95. The lowest BCUT2D eigenvalue weighted by Gasteiger charge is -2.17. The van der Waals surface area contributed by atoms with E-state index in [0.29, 0.717) is 35.7 Å². The van der Waals surface area contributed by atoms with Crippen LogP contribution in [0.3, 0.4) is 0 Å². The second kappa shape index (κ2) is 8.59. The number of ether oxygens (including phenoxy) is 2. The van der Waals surface area contributed by atoms with E-state index >= 15 is 0 Å². The third kappa shape index (κ3) is 4.55. The zero-order valence-corrected chi connectivity index (χ0v) is 15.0. The molecule has 1 heterocycles. The highest BCUT2D eigenvalue weighted by Gasteiger charge is 2.16. The molecule has 2 rings (SSSR count). The number of hydrogen-bond donors (Lipinski definition) is 2. The van der Waals surface area contributed by atoms with Crippen molar-refractivity contribution < 1.29 is 9.47 Å². The fraction of sp³-hybridized carbons (Fsp3) is 0.316. The molecule has 0 saturated carbocycles. The van der Waals surface area contributed by atoms with Gasteiger partial charge in [-0.25, -0.2) is 4.98 Å². The van der Waals surface area contributed by atoms with Crippen LogP contribution >= 0.6 is 0 Å². The quantitative estimate of drug-likeness (QED) is 0.626. The Labute approximate surface area is 153 Å². The average molecular weight is 351 g/mol. The van der Waals surface area contributed by atoms with Gasteiger partial charge in [0.15, 0.2) is 11.6 Å². The van der Waals surface area contributed by atoms with Crippen LogP contribution in [0.1, 0.15) is 43.7 Å². The van der Waals surface area contributed by atoms with E-state index in [2.05, 4.69) is 27.9 Å². The molecule has 1 aromatic carbocycles. The molecule has 4 N–H and O–H groups in total. The van der Waals surface area contributed by atoms with Gasteiger partial charge in [-0.1, -0.05) is 25.7 Å². The van der Waals surface area contributed by atoms with Crippen molar-refractivity contribution in [2.45, 2.75) is 32.6 Å². The molecule has 2 aromatic rings. The number of nitrogens with two attached hydrogens (primary N) is 2. The predicted molar refractivity (Wildman–Crippen MR) is 99.7 cm³/mol. The Morgan fingerprint density at radius 3 is 2.54 bits per heavy atom. The van der Waals surface area contributed by atoms with E-state index in [1.54, 1.807) is 13.2 Å². The van der Waals surface area contributed by atoms with E-state index in [1.807, 2.05) is 19.9 Å². The number of hydrogen-bond acceptors (Lipinski definition) is 7. The number of rotatable bonds is 5. The highest BCUT2D eigenvalue weighted by Crippen LogP contribution is 2.37. The Bertz CT molecular complexity index is 891. The monoisotopic (exact) mass is 351 g/mol. The number of nitrogen functional groups attached to an aromatic ring is 2. The largest absolute Gasteiger partial charge is 0.495 e. The smallest absolute Gasteiger partial charge is 0.222 e. The number of unbranched alkanes of at least 4 members (excludes halogenated alkanes) is 1. The summed E-state index contributed by atoms with van der Waals surface area (Å²) in [5, 5.41) is 8.62. The summed E-state index contributed by atoms with van der Waals surface area (Å²) < 4.78 is 11.4. The molecular formula is C19H21N5O2. The Balaban J connectivity index is 2.47. The summed E-state index contributed by atoms with van der Waals surface area (Å²) >= 11 is 0. The molecule has 0 amide bonds. The van der Waals surface area contributed by atoms with Gasteiger partial charge in [0.2, 0.25) is 5.95 Å². The van der Waals surface area contributed by atoms with Crippen LogP contribution in [0.25, 0.3) is 0 Å². The maximum Gasteiger partial charge on any atom is 0.222 e. The molecule has 26 heavy (non-hydrogen) atoms. The standard InChI is InChI=1S/C19H21N5O2/c1-12(2)14-10-15(25-3)13(7-5-4-6-8-20)9-16(14)26-17-11-23-19(22)24-18(17)21/h9-12H,4,6H2,1-3H3,(H4,21,22,23,24). The molecule has 0 saturated heterocycles. The van der Waals surface area contributed by atoms with E-state index < -0.39 is 0 Å². The first-order valence-electron chi connectivity index (χ1n) is 8.09. The van der Waals surface area contributed by atoms with Crippen LogP contribution in [-0.2, 0) is 0 Å². The van der Waals surface area contributed by atoms with Gasteiger partial charge in [0.05, 0.1) is 24.9 Å². The highest BCUT2D eigenvalue weighted by molar-refractivity contribution is 5.57. The van der Waals surface area contributed by atoms with Crippen LogP contribution in [-0.4, -0.2) is 17.1 Å². The number of nitrogens with zero attached hydrogens (tertiary/aromatic N) is 3. The summed E-state index contributed by atoms with van der Waals surface area (Å²) in [6.45, 7) is 4.09. The fourth-order valence-electron chi connectivity index (χ4n) is 2.25. The van der Waals surface area contributed by atoms with Gasteiger partial charge in [0.1, 0.15) is 11.5 Å². The summed E-state index contributed by atoms with van der Waals surface area (Å²) in [5.41, 5.74) is 13.0. The van der Waals surface area contributed by atoms with Gasteiger partial charge in [-0.3, -0.25) is 0 Å². The highest BCUT2D eigenvalue weighted by atomic mass is 16.5. The number of nitriles is 1. The van der Waals surface area contributed by atoms with Crippen LogP contribution in [0.15, 0.2) is 18.3 Å². The van der Waals surface area contributed by atoms with E-state index in [0.717, 1.165) is 5.56 Å². The Kier molecular flexibility index (Phi) is 6.24. The van der Waals surface area contributed by atoms with Gasteiger partial charge in [-0.05, 0) is 12.0 Å². The van der Waals surface area contributed by atoms with E-state index in [-0.39, 0.29) is 17.7 Å². The minimum absolute atomic E-state index is 0.0812. The van der Waals surface area contributed by atoms with Gasteiger partial charge in [-0.15, -0.1) is 0 Å². The zero-order chi connectivity index (χ0) is 19.1. The van der Waals surface area contributed by atoms with E-state index in [4.69, 9.17) is 26.2 Å². The van der Waals surface area contributed by atoms with Crippen molar-refractivity contribution in [2.24, 2.45) is 0 Å². The molecule has 0 unspecified atom stereocenters. The van der Waals surface area contributed by atoms with Crippen LogP contribution < -0.4 is 20.9 Å². The normalized spacial score (nSPS) is 9.96. The first-order valence-corrected chi connectivity index (χ1v) is 8.09. The van der Waals surface area contributed by atoms with Gasteiger partial charge in [0, 0.05) is 24.5 Å². The third-order valence-corrected chi connectivity index (χ3v) is 3.56. The Morgan fingerprint density at radius 2 is 1.92 bits per heavy atom. The van der Waals surface area contributed by atoms with Crippen molar-refractivity contribution in [2.75, 3.05) is 18.6 Å². The van der Waals surface area contributed by atoms with Crippen molar-refractivity contribution in [3.63, 3.8) is 0 Å². The predicted octanol–water partition coefficient (Wildman–Crippen LogP) is 3.22. The molecular weight excluding hydrogens is 330 g/mol. The molecule has 7 nitrogen and oxygen atoms in total. The molecule has 0 spiro atoms. The molecule has 0 fully saturated rings. The van der Waals surface area contributed by atoms with Crippen LogP contribution in [0.5, 0.6) is 17.2 Å². The third-order valence-electron chi connectivity index (χ3n) is 3.56. The molecule has 134 valence electrons. The number of anilines is 2. The first-order chi connectivity index (χ1) is 12.5. The maximum absolute atomic E-state index is 8.62. The van der Waals surface area contributed by atoms with Crippen molar-refractivity contribution in [3.05, 3.63) is 29.5 Å². The van der Waals surface area contributed by atoms with Gasteiger partial charge >= 0.3 is 0 Å². The average Bonchev–Trinajstić information content (AvgIpc) is 2.61. The summed E-state index contributed by atoms with van der Waals surface area (Å²) in [7, 11) is 1.59. The lowest BCUT2D eigenvalue weighted by molar-refractivity contribution is 0.409. The van der Waals surface area contributed by atoms with Crippen molar-refractivity contribution in [1.82, 2.24) is 9.97 Å². The minimum atomic E-state index is 0.0812. The second-order valence-corrected chi connectivity index (χ2v) is 5.78. The summed E-state index contributed by atoms with van der Waals surface area (Å²) in [6, 6.07) is 5.75. The molecule has 0 aliphatic heterocycles. The lowest BCUT2D eigenvalue weighted by Crippen LogP contribution is -2.03. The first kappa shape index (κ1) is 18.9. The number of methoxy groups -OCH3 is 1. The molecule has 0 radical (unpaired) electrons. The molecule has 0 aliphatic rings. The molecule has 0 atom stereocenters. The Hall–Kier alpha value is -3.45. The zero-order valence-electron chi connectivity index (χ0n) is 15.0. The Morgan fingerprint density at radius 1 is 1.15 bits per heavy atom. The van der Waals surface area contributed by atoms with Crippen molar-refractivity contribution >= 4 is 11.8 Å². The maximum atomic E-state index is 8.62. The van der Waals surface area contributed by atoms with Crippen LogP contribution in [0, 0.1) is 23.2 Å². The fourth-order valence-corrected chi connectivity index (χ4v) is 2.25. The second-order valence-electron chi connectivity index (χ2n) is 5.78. The topological polar surface area (TPSA) is 120 Å². The van der Waals surface area contributed by atoms with Gasteiger partial charge in [0.25, 0.3) is 0 Å². The van der Waals surface area contributed by atoms with Crippen LogP contribution in [0.4, 0.5) is 11.8 Å². The summed E-state index contributed by atoms with van der Waals surface area (Å²) in [4.78, 5) is 7.82. The van der Waals surface area contributed by atoms with Crippen molar-refractivity contribution in [1.29, 1.82) is 5.26 Å². The van der Waals surface area contributed by atoms with Crippen LogP contribution in [0.2, 0.25) is 0 Å². The molecule has 7 heteroatoms. The number of benzene rings is 1. The minimum Gasteiger partial charge on any atom is -0.495 e. The molecule has 1 aromatic heterocycles. The molecule has 0 bridgehead atoms.